The third-order valence-corrected chi connectivity index (χ3v) is 3.71. The van der Waals surface area contributed by atoms with E-state index < -0.39 is 5.91 Å². The monoisotopic (exact) mass is 340 g/mol. The predicted molar refractivity (Wildman–Crippen MR) is 96.2 cm³/mol. The van der Waals surface area contributed by atoms with Gasteiger partial charge in [-0.05, 0) is 36.2 Å². The number of hydrogen-bond acceptors (Lipinski definition) is 4. The van der Waals surface area contributed by atoms with Gasteiger partial charge in [-0.1, -0.05) is 35.9 Å². The van der Waals surface area contributed by atoms with Crippen molar-refractivity contribution < 1.29 is 4.79 Å². The lowest BCUT2D eigenvalue weighted by Gasteiger charge is -2.08. The fourth-order valence-corrected chi connectivity index (χ4v) is 2.21. The van der Waals surface area contributed by atoms with Crippen LogP contribution in [0.4, 0.5) is 11.4 Å². The molecule has 0 aromatic heterocycles. The molecule has 0 aliphatic heterocycles. The molecule has 0 fully saturated rings. The molecule has 0 aliphatic carbocycles. The van der Waals surface area contributed by atoms with Gasteiger partial charge < -0.3 is 16.4 Å². The Bertz CT molecular complexity index is 824. The summed E-state index contributed by atoms with van der Waals surface area (Å²) in [5, 5.41) is 15.3. The Labute approximate surface area is 145 Å². The quantitative estimate of drug-likeness (QED) is 0.442. The predicted octanol–water partition coefficient (Wildman–Crippen LogP) is 3.37. The third-order valence-electron chi connectivity index (χ3n) is 3.34. The number of hydrogen-bond donors (Lipinski definition) is 3. The SMILES string of the molecule is Cc1ccc(N)c(N/C=C(/C#N)C(=O)NCc2ccccc2Cl)c1. The van der Waals surface area contributed by atoms with Crippen LogP contribution in [0, 0.1) is 18.3 Å². The topological polar surface area (TPSA) is 90.9 Å². The second-order valence-electron chi connectivity index (χ2n) is 5.18. The number of anilines is 2. The fourth-order valence-electron chi connectivity index (χ4n) is 2.01. The van der Waals surface area contributed by atoms with Crippen LogP contribution in [-0.4, -0.2) is 5.91 Å². The van der Waals surface area contributed by atoms with Crippen molar-refractivity contribution in [2.45, 2.75) is 13.5 Å². The molecule has 5 nitrogen and oxygen atoms in total. The van der Waals surface area contributed by atoms with E-state index in [-0.39, 0.29) is 12.1 Å². The zero-order valence-electron chi connectivity index (χ0n) is 13.1. The zero-order chi connectivity index (χ0) is 17.5. The average molecular weight is 341 g/mol. The molecule has 0 saturated heterocycles. The van der Waals surface area contributed by atoms with Crippen molar-refractivity contribution in [2.75, 3.05) is 11.1 Å². The van der Waals surface area contributed by atoms with Gasteiger partial charge in [-0.3, -0.25) is 4.79 Å². The Morgan fingerprint density at radius 1 is 1.33 bits per heavy atom. The summed E-state index contributed by atoms with van der Waals surface area (Å²) in [6.45, 7) is 2.17. The number of nitrogen functional groups attached to an aromatic ring is 1. The molecule has 2 aromatic carbocycles. The molecule has 4 N–H and O–H groups in total. The van der Waals surface area contributed by atoms with Gasteiger partial charge in [-0.15, -0.1) is 0 Å². The molecule has 1 amide bonds. The van der Waals surface area contributed by atoms with E-state index in [9.17, 15) is 10.1 Å². The zero-order valence-corrected chi connectivity index (χ0v) is 13.9. The minimum atomic E-state index is -0.490. The third kappa shape index (κ3) is 4.51. The van der Waals surface area contributed by atoms with Crippen molar-refractivity contribution in [1.29, 1.82) is 5.26 Å². The molecule has 0 bridgehead atoms. The van der Waals surface area contributed by atoms with Crippen LogP contribution in [0.25, 0.3) is 0 Å². The van der Waals surface area contributed by atoms with Crippen molar-refractivity contribution in [1.82, 2.24) is 5.32 Å². The summed E-state index contributed by atoms with van der Waals surface area (Å²) in [7, 11) is 0. The van der Waals surface area contributed by atoms with Gasteiger partial charge in [-0.25, -0.2) is 0 Å². The van der Waals surface area contributed by atoms with Crippen LogP contribution in [0.3, 0.4) is 0 Å². The number of nitrogens with zero attached hydrogens (tertiary/aromatic N) is 1. The minimum Gasteiger partial charge on any atom is -0.397 e. The Hall–Kier alpha value is -2.97. The summed E-state index contributed by atoms with van der Waals surface area (Å²) in [4.78, 5) is 12.1. The van der Waals surface area contributed by atoms with E-state index in [1.807, 2.05) is 43.3 Å². The van der Waals surface area contributed by atoms with Gasteiger partial charge >= 0.3 is 0 Å². The number of nitrogens with one attached hydrogen (secondary N) is 2. The van der Waals surface area contributed by atoms with Gasteiger partial charge in [-0.2, -0.15) is 5.26 Å². The van der Waals surface area contributed by atoms with E-state index in [0.717, 1.165) is 11.1 Å². The number of benzene rings is 2. The van der Waals surface area contributed by atoms with Gasteiger partial charge in [0.1, 0.15) is 11.6 Å². The lowest BCUT2D eigenvalue weighted by atomic mass is 10.2. The van der Waals surface area contributed by atoms with Crippen LogP contribution in [0.15, 0.2) is 54.2 Å². The van der Waals surface area contributed by atoms with E-state index in [2.05, 4.69) is 10.6 Å². The van der Waals surface area contributed by atoms with Gasteiger partial charge in [0.15, 0.2) is 0 Å². The number of halogens is 1. The average Bonchev–Trinajstić information content (AvgIpc) is 2.57. The molecule has 2 aromatic rings. The molecular formula is C18H17ClN4O. The molecule has 0 aliphatic rings. The van der Waals surface area contributed by atoms with E-state index in [1.165, 1.54) is 6.20 Å². The van der Waals surface area contributed by atoms with Crippen LogP contribution >= 0.6 is 11.6 Å². The summed E-state index contributed by atoms with van der Waals surface area (Å²) in [5.41, 5.74) is 8.77. The Balaban J connectivity index is 2.05. The van der Waals surface area contributed by atoms with Crippen molar-refractivity contribution in [3.05, 3.63) is 70.4 Å². The molecule has 0 unspecified atom stereocenters. The lowest BCUT2D eigenvalue weighted by molar-refractivity contribution is -0.117. The summed E-state index contributed by atoms with van der Waals surface area (Å²) in [6, 6.07) is 14.5. The Morgan fingerprint density at radius 3 is 2.79 bits per heavy atom. The molecule has 2 rings (SSSR count). The van der Waals surface area contributed by atoms with Crippen LogP contribution < -0.4 is 16.4 Å². The number of nitrogens with two attached hydrogens (primary N) is 1. The molecule has 0 atom stereocenters. The number of nitriles is 1. The standard InChI is InChI=1S/C18H17ClN4O/c1-12-6-7-16(21)17(8-12)22-11-14(9-20)18(24)23-10-13-4-2-3-5-15(13)19/h2-8,11,22H,10,21H2,1H3,(H,23,24)/b14-11-. The highest BCUT2D eigenvalue weighted by atomic mass is 35.5. The maximum atomic E-state index is 12.1. The Kier molecular flexibility index (Phi) is 5.83. The summed E-state index contributed by atoms with van der Waals surface area (Å²) in [5.74, 6) is -0.490. The van der Waals surface area contributed by atoms with E-state index in [1.54, 1.807) is 12.1 Å². The highest BCUT2D eigenvalue weighted by Gasteiger charge is 2.10. The molecule has 6 heteroatoms. The van der Waals surface area contributed by atoms with Crippen molar-refractivity contribution in [3.63, 3.8) is 0 Å². The van der Waals surface area contributed by atoms with Crippen LogP contribution in [0.1, 0.15) is 11.1 Å². The first-order valence-corrected chi connectivity index (χ1v) is 7.63. The molecule has 0 saturated carbocycles. The fraction of sp³-hybridized carbons (Fsp3) is 0.111. The van der Waals surface area contributed by atoms with Gasteiger partial charge in [0.05, 0.1) is 11.4 Å². The number of aryl methyl sites for hydroxylation is 1. The van der Waals surface area contributed by atoms with E-state index >= 15 is 0 Å². The Morgan fingerprint density at radius 2 is 2.08 bits per heavy atom. The number of carbonyl (C=O) groups is 1. The van der Waals surface area contributed by atoms with Gasteiger partial charge in [0, 0.05) is 17.8 Å². The summed E-state index contributed by atoms with van der Waals surface area (Å²) in [6.07, 6.45) is 1.34. The molecule has 122 valence electrons. The minimum absolute atomic E-state index is 0.0528. The maximum Gasteiger partial charge on any atom is 0.263 e. The van der Waals surface area contributed by atoms with Crippen LogP contribution in [-0.2, 0) is 11.3 Å². The molecular weight excluding hydrogens is 324 g/mol. The first-order valence-electron chi connectivity index (χ1n) is 7.26. The first kappa shape index (κ1) is 17.4. The highest BCUT2D eigenvalue weighted by molar-refractivity contribution is 6.31. The summed E-state index contributed by atoms with van der Waals surface area (Å²) >= 11 is 6.04. The molecule has 0 radical (unpaired) electrons. The second kappa shape index (κ2) is 8.04. The lowest BCUT2D eigenvalue weighted by Crippen LogP contribution is -2.24. The van der Waals surface area contributed by atoms with Gasteiger partial charge in [0.25, 0.3) is 5.91 Å². The largest absolute Gasteiger partial charge is 0.397 e. The molecule has 24 heavy (non-hydrogen) atoms. The van der Waals surface area contributed by atoms with E-state index in [0.29, 0.717) is 16.4 Å². The second-order valence-corrected chi connectivity index (χ2v) is 5.59. The summed E-state index contributed by atoms with van der Waals surface area (Å²) < 4.78 is 0. The number of carbonyl (C=O) groups excluding carboxylic acids is 1. The van der Waals surface area contributed by atoms with Crippen LogP contribution in [0.5, 0.6) is 0 Å². The maximum absolute atomic E-state index is 12.1. The van der Waals surface area contributed by atoms with Crippen molar-refractivity contribution in [3.8, 4) is 6.07 Å². The normalized spacial score (nSPS) is 10.8. The number of rotatable bonds is 5. The van der Waals surface area contributed by atoms with Crippen molar-refractivity contribution in [2.24, 2.45) is 0 Å². The smallest absolute Gasteiger partial charge is 0.263 e. The molecule has 0 heterocycles. The number of amides is 1. The highest BCUT2D eigenvalue weighted by Crippen LogP contribution is 2.20. The van der Waals surface area contributed by atoms with Gasteiger partial charge in [0.2, 0.25) is 0 Å². The molecule has 0 spiro atoms. The van der Waals surface area contributed by atoms with Crippen LogP contribution in [0.2, 0.25) is 5.02 Å². The van der Waals surface area contributed by atoms with E-state index in [4.69, 9.17) is 17.3 Å². The van der Waals surface area contributed by atoms with Crippen molar-refractivity contribution >= 4 is 28.9 Å². The first-order chi connectivity index (χ1) is 11.5.